The van der Waals surface area contributed by atoms with E-state index < -0.39 is 27.5 Å². The quantitative estimate of drug-likeness (QED) is 0.471. The second kappa shape index (κ2) is 3.29. The number of aliphatic hydroxyl groups is 1. The van der Waals surface area contributed by atoms with Gasteiger partial charge in [0.25, 0.3) is 10.1 Å². The highest BCUT2D eigenvalue weighted by Gasteiger charge is 2.35. The summed E-state index contributed by atoms with van der Waals surface area (Å²) in [5, 5.41) is 8.13. The fraction of sp³-hybridized carbons (Fsp3) is 1.00. The lowest BCUT2D eigenvalue weighted by atomic mass is 9.93. The maximum Gasteiger partial charge on any atom is 0.269 e. The Morgan fingerprint density at radius 3 is 2.33 bits per heavy atom. The van der Waals surface area contributed by atoms with Gasteiger partial charge >= 0.3 is 0 Å². The molecule has 1 fully saturated rings. The molecule has 5 nitrogen and oxygen atoms in total. The fourth-order valence-electron chi connectivity index (χ4n) is 1.47. The van der Waals surface area contributed by atoms with Crippen molar-refractivity contribution in [2.45, 2.75) is 36.7 Å². The van der Waals surface area contributed by atoms with Crippen molar-refractivity contribution in [2.75, 3.05) is 0 Å². The minimum absolute atomic E-state index is 0.0417. The van der Waals surface area contributed by atoms with Crippen LogP contribution in [0.4, 0.5) is 0 Å². The highest BCUT2D eigenvalue weighted by atomic mass is 32.2. The van der Waals surface area contributed by atoms with Gasteiger partial charge in [-0.25, -0.2) is 0 Å². The van der Waals surface area contributed by atoms with Crippen molar-refractivity contribution in [3.05, 3.63) is 0 Å². The zero-order chi connectivity index (χ0) is 9.35. The van der Waals surface area contributed by atoms with Gasteiger partial charge in [-0.05, 0) is 19.3 Å². The smallest absolute Gasteiger partial charge is 0.269 e. The Labute approximate surface area is 71.3 Å². The first-order valence-corrected chi connectivity index (χ1v) is 5.31. The number of rotatable bonds is 1. The summed E-state index contributed by atoms with van der Waals surface area (Å²) in [5.41, 5.74) is 5.48. The molecular formula is C6H13NO4S. The molecule has 1 saturated carbocycles. The van der Waals surface area contributed by atoms with Gasteiger partial charge in [-0.3, -0.25) is 4.55 Å². The molecule has 0 radical (unpaired) electrons. The molecule has 0 aromatic heterocycles. The Morgan fingerprint density at radius 2 is 1.92 bits per heavy atom. The van der Waals surface area contributed by atoms with Crippen LogP contribution in [0.3, 0.4) is 0 Å². The van der Waals surface area contributed by atoms with Crippen LogP contribution in [0.5, 0.6) is 0 Å². The summed E-state index contributed by atoms with van der Waals surface area (Å²) in [6.45, 7) is 0. The predicted molar refractivity (Wildman–Crippen MR) is 43.2 cm³/mol. The van der Waals surface area contributed by atoms with Crippen molar-refractivity contribution in [2.24, 2.45) is 5.73 Å². The lowest BCUT2D eigenvalue weighted by molar-refractivity contribution is 0.123. The van der Waals surface area contributed by atoms with E-state index in [0.29, 0.717) is 12.8 Å². The minimum Gasteiger partial charge on any atom is -0.393 e. The molecule has 1 aliphatic rings. The second-order valence-corrected chi connectivity index (χ2v) is 4.82. The molecule has 0 bridgehead atoms. The molecule has 0 saturated heterocycles. The third kappa shape index (κ3) is 2.16. The summed E-state index contributed by atoms with van der Waals surface area (Å²) in [6, 6.07) is -0.552. The molecule has 72 valence electrons. The van der Waals surface area contributed by atoms with E-state index in [1.807, 2.05) is 0 Å². The predicted octanol–water partition coefficient (Wildman–Crippen LogP) is -0.885. The van der Waals surface area contributed by atoms with Crippen molar-refractivity contribution in [3.8, 4) is 0 Å². The van der Waals surface area contributed by atoms with E-state index in [4.69, 9.17) is 15.4 Å². The summed E-state index contributed by atoms with van der Waals surface area (Å²) < 4.78 is 30.1. The van der Waals surface area contributed by atoms with E-state index in [9.17, 15) is 8.42 Å². The lowest BCUT2D eigenvalue weighted by Gasteiger charge is -2.29. The molecule has 0 amide bonds. The summed E-state index contributed by atoms with van der Waals surface area (Å²) in [5.74, 6) is 0. The van der Waals surface area contributed by atoms with Crippen LogP contribution in [0, 0.1) is 0 Å². The maximum atomic E-state index is 10.7. The normalized spacial score (nSPS) is 38.1. The molecule has 6 heteroatoms. The van der Waals surface area contributed by atoms with Crippen molar-refractivity contribution >= 4 is 10.1 Å². The molecule has 0 aliphatic heterocycles. The van der Waals surface area contributed by atoms with Crippen molar-refractivity contribution in [1.29, 1.82) is 0 Å². The summed E-state index contributed by atoms with van der Waals surface area (Å²) in [7, 11) is -4.09. The van der Waals surface area contributed by atoms with Crippen molar-refractivity contribution < 1.29 is 18.1 Å². The van der Waals surface area contributed by atoms with Gasteiger partial charge in [0.1, 0.15) is 5.25 Å². The molecule has 12 heavy (non-hydrogen) atoms. The van der Waals surface area contributed by atoms with Crippen LogP contribution >= 0.6 is 0 Å². The Balaban J connectivity index is 2.74. The summed E-state index contributed by atoms with van der Waals surface area (Å²) in [6.07, 6.45) is 0.329. The first kappa shape index (κ1) is 9.91. The van der Waals surface area contributed by atoms with Gasteiger partial charge in [0, 0.05) is 6.04 Å². The van der Waals surface area contributed by atoms with Crippen LogP contribution in [0.15, 0.2) is 0 Å². The molecule has 1 rings (SSSR count). The van der Waals surface area contributed by atoms with Gasteiger partial charge in [0.05, 0.1) is 6.10 Å². The summed E-state index contributed by atoms with van der Waals surface area (Å²) in [4.78, 5) is 0. The molecule has 0 heterocycles. The van der Waals surface area contributed by atoms with Crippen molar-refractivity contribution in [1.82, 2.24) is 0 Å². The molecule has 0 aromatic rings. The van der Waals surface area contributed by atoms with Gasteiger partial charge in [-0.15, -0.1) is 0 Å². The fourth-order valence-corrected chi connectivity index (χ4v) is 2.52. The van der Waals surface area contributed by atoms with Gasteiger partial charge in [-0.2, -0.15) is 8.42 Å². The van der Waals surface area contributed by atoms with Crippen molar-refractivity contribution in [3.63, 3.8) is 0 Å². The van der Waals surface area contributed by atoms with E-state index in [1.165, 1.54) is 0 Å². The SMILES string of the molecule is NC1CCC(O)CC1S(=O)(=O)O. The van der Waals surface area contributed by atoms with Crippen LogP contribution in [-0.4, -0.2) is 35.5 Å². The first-order valence-electron chi connectivity index (χ1n) is 3.81. The second-order valence-electron chi connectivity index (χ2n) is 3.18. The van der Waals surface area contributed by atoms with E-state index in [2.05, 4.69) is 0 Å². The molecule has 3 atom stereocenters. The van der Waals surface area contributed by atoms with Crippen LogP contribution in [0.25, 0.3) is 0 Å². The van der Waals surface area contributed by atoms with E-state index in [1.54, 1.807) is 0 Å². The number of aliphatic hydroxyl groups excluding tert-OH is 1. The van der Waals surface area contributed by atoms with Crippen LogP contribution in [0.2, 0.25) is 0 Å². The zero-order valence-corrected chi connectivity index (χ0v) is 7.37. The molecule has 3 unspecified atom stereocenters. The molecule has 1 aliphatic carbocycles. The van der Waals surface area contributed by atoms with Gasteiger partial charge in [0.2, 0.25) is 0 Å². The average Bonchev–Trinajstić information content (AvgIpc) is 1.92. The average molecular weight is 195 g/mol. The maximum absolute atomic E-state index is 10.7. The number of hydrogen-bond donors (Lipinski definition) is 3. The largest absolute Gasteiger partial charge is 0.393 e. The zero-order valence-electron chi connectivity index (χ0n) is 6.55. The monoisotopic (exact) mass is 195 g/mol. The minimum atomic E-state index is -4.09. The Kier molecular flexibility index (Phi) is 2.72. The van der Waals surface area contributed by atoms with Crippen LogP contribution in [-0.2, 0) is 10.1 Å². The van der Waals surface area contributed by atoms with E-state index >= 15 is 0 Å². The third-order valence-electron chi connectivity index (χ3n) is 2.20. The molecule has 0 aromatic carbocycles. The number of hydrogen-bond acceptors (Lipinski definition) is 4. The van der Waals surface area contributed by atoms with Gasteiger partial charge in [-0.1, -0.05) is 0 Å². The topological polar surface area (TPSA) is 101 Å². The first-order chi connectivity index (χ1) is 5.41. The Bertz CT molecular complexity index is 250. The van der Waals surface area contributed by atoms with Gasteiger partial charge < -0.3 is 10.8 Å². The number of nitrogens with two attached hydrogens (primary N) is 1. The van der Waals surface area contributed by atoms with Crippen LogP contribution < -0.4 is 5.73 Å². The third-order valence-corrected chi connectivity index (χ3v) is 3.50. The van der Waals surface area contributed by atoms with E-state index in [-0.39, 0.29) is 6.42 Å². The molecule has 0 spiro atoms. The van der Waals surface area contributed by atoms with Crippen LogP contribution in [0.1, 0.15) is 19.3 Å². The Hall–Kier alpha value is -0.170. The molecule has 4 N–H and O–H groups in total. The highest BCUT2D eigenvalue weighted by Crippen LogP contribution is 2.22. The highest BCUT2D eigenvalue weighted by molar-refractivity contribution is 7.86. The standard InChI is InChI=1S/C6H13NO4S/c7-5-2-1-4(8)3-6(5)12(9,10)11/h4-6,8H,1-3,7H2,(H,9,10,11). The lowest BCUT2D eigenvalue weighted by Crippen LogP contribution is -2.46. The van der Waals surface area contributed by atoms with Gasteiger partial charge in [0.15, 0.2) is 0 Å². The summed E-state index contributed by atoms with van der Waals surface area (Å²) >= 11 is 0. The Morgan fingerprint density at radius 1 is 1.33 bits per heavy atom. The van der Waals surface area contributed by atoms with E-state index in [0.717, 1.165) is 0 Å². The molecular weight excluding hydrogens is 182 g/mol.